The summed E-state index contributed by atoms with van der Waals surface area (Å²) in [4.78, 5) is 11.0. The van der Waals surface area contributed by atoms with Crippen molar-refractivity contribution < 1.29 is 22.8 Å². The predicted octanol–water partition coefficient (Wildman–Crippen LogP) is 6.25. The summed E-state index contributed by atoms with van der Waals surface area (Å²) in [6, 6.07) is 13.2. The van der Waals surface area contributed by atoms with Crippen LogP contribution in [0.25, 0.3) is 0 Å². The molecule has 1 aliphatic rings. The fourth-order valence-electron chi connectivity index (χ4n) is 4.27. The third-order valence-electron chi connectivity index (χ3n) is 6.10. The number of nitrogens with zero attached hydrogens (tertiary/aromatic N) is 1. The number of ether oxygens (including phenoxy) is 1. The first-order valence-corrected chi connectivity index (χ1v) is 10.1. The van der Waals surface area contributed by atoms with Crippen molar-refractivity contribution >= 4 is 0 Å². The Balaban J connectivity index is 1.80. The van der Waals surface area contributed by atoms with Gasteiger partial charge in [0.2, 0.25) is 6.04 Å². The predicted molar refractivity (Wildman–Crippen MR) is 108 cm³/mol. The quantitative estimate of drug-likeness (QED) is 0.409. The zero-order valence-corrected chi connectivity index (χ0v) is 17.1. The van der Waals surface area contributed by atoms with E-state index >= 15 is 0 Å². The number of benzene rings is 2. The normalized spacial score (nSPS) is 23.2. The van der Waals surface area contributed by atoms with E-state index in [0.717, 1.165) is 17.7 Å². The zero-order chi connectivity index (χ0) is 21.9. The number of aryl methyl sites for hydroxylation is 1. The van der Waals surface area contributed by atoms with Crippen LogP contribution in [0.3, 0.4) is 0 Å². The minimum atomic E-state index is -4.41. The molecule has 162 valence electrons. The summed E-state index contributed by atoms with van der Waals surface area (Å²) in [6.07, 6.45) is -2.80. The Labute approximate surface area is 174 Å². The van der Waals surface area contributed by atoms with Crippen LogP contribution in [-0.4, -0.2) is 17.6 Å². The number of hydrogen-bond acceptors (Lipinski definition) is 3. The molecule has 0 aromatic heterocycles. The molecule has 1 fully saturated rings. The van der Waals surface area contributed by atoms with Gasteiger partial charge in [0.1, 0.15) is 0 Å². The molecule has 2 aromatic rings. The van der Waals surface area contributed by atoms with Crippen molar-refractivity contribution in [2.75, 3.05) is 6.61 Å². The van der Waals surface area contributed by atoms with Crippen LogP contribution >= 0.6 is 0 Å². The summed E-state index contributed by atoms with van der Waals surface area (Å²) < 4.78 is 45.6. The van der Waals surface area contributed by atoms with Gasteiger partial charge in [-0.2, -0.15) is 13.2 Å². The molecular weight excluding hydrogens is 395 g/mol. The van der Waals surface area contributed by atoms with Gasteiger partial charge in [0.25, 0.3) is 0 Å². The molecule has 2 aromatic carbocycles. The minimum absolute atomic E-state index is 0.218. The van der Waals surface area contributed by atoms with Crippen LogP contribution in [0.15, 0.2) is 48.5 Å². The Hall–Kier alpha value is -2.41. The van der Waals surface area contributed by atoms with Gasteiger partial charge in [-0.3, -0.25) is 10.1 Å². The Bertz CT molecular complexity index is 875. The summed E-state index contributed by atoms with van der Waals surface area (Å²) in [5, 5.41) is 11.2. The molecule has 0 unspecified atom stereocenters. The van der Waals surface area contributed by atoms with E-state index in [1.807, 2.05) is 30.3 Å². The summed E-state index contributed by atoms with van der Waals surface area (Å²) in [7, 11) is 0. The third kappa shape index (κ3) is 5.01. The molecule has 0 N–H and O–H groups in total. The van der Waals surface area contributed by atoms with Gasteiger partial charge in [0.05, 0.1) is 18.3 Å². The topological polar surface area (TPSA) is 52.4 Å². The molecule has 7 heteroatoms. The first kappa shape index (κ1) is 22.3. The number of halogens is 3. The summed E-state index contributed by atoms with van der Waals surface area (Å²) in [5.74, 6) is 0. The van der Waals surface area contributed by atoms with E-state index in [4.69, 9.17) is 4.74 Å². The van der Waals surface area contributed by atoms with Gasteiger partial charge in [0, 0.05) is 23.2 Å². The van der Waals surface area contributed by atoms with E-state index in [1.165, 1.54) is 0 Å². The SMILES string of the molecule is Cc1cc([C@@H](C)OCC2(c3ccccc3)CCC([N+](=O)[O-])CC2)cc(C(F)(F)F)c1. The first-order chi connectivity index (χ1) is 14.1. The Kier molecular flexibility index (Phi) is 6.50. The number of nitro groups is 1. The lowest BCUT2D eigenvalue weighted by Gasteiger charge is -2.39. The van der Waals surface area contributed by atoms with Crippen LogP contribution in [0.5, 0.6) is 0 Å². The molecule has 0 saturated heterocycles. The highest BCUT2D eigenvalue weighted by Gasteiger charge is 2.41. The van der Waals surface area contributed by atoms with Gasteiger partial charge in [-0.15, -0.1) is 0 Å². The van der Waals surface area contributed by atoms with Gasteiger partial charge in [-0.25, -0.2) is 0 Å². The third-order valence-corrected chi connectivity index (χ3v) is 6.10. The fourth-order valence-corrected chi connectivity index (χ4v) is 4.27. The van der Waals surface area contributed by atoms with E-state index in [2.05, 4.69) is 0 Å². The molecule has 0 radical (unpaired) electrons. The van der Waals surface area contributed by atoms with Crippen molar-refractivity contribution in [1.82, 2.24) is 0 Å². The highest BCUT2D eigenvalue weighted by atomic mass is 19.4. The largest absolute Gasteiger partial charge is 0.416 e. The van der Waals surface area contributed by atoms with Gasteiger partial charge in [-0.1, -0.05) is 42.0 Å². The molecule has 1 atom stereocenters. The fraction of sp³-hybridized carbons (Fsp3) is 0.478. The maximum atomic E-state index is 13.2. The smallest absolute Gasteiger partial charge is 0.373 e. The Morgan fingerprint density at radius 3 is 2.37 bits per heavy atom. The number of alkyl halides is 3. The van der Waals surface area contributed by atoms with Gasteiger partial charge in [0.15, 0.2) is 0 Å². The average molecular weight is 421 g/mol. The second-order valence-corrected chi connectivity index (χ2v) is 8.25. The van der Waals surface area contributed by atoms with Gasteiger partial charge < -0.3 is 4.74 Å². The van der Waals surface area contributed by atoms with Crippen molar-refractivity contribution in [3.05, 3.63) is 80.9 Å². The molecule has 0 bridgehead atoms. The molecular formula is C23H26F3NO3. The van der Waals surface area contributed by atoms with Gasteiger partial charge in [-0.05, 0) is 49.9 Å². The molecule has 0 amide bonds. The van der Waals surface area contributed by atoms with Crippen LogP contribution in [0.1, 0.15) is 61.0 Å². The molecule has 0 aliphatic heterocycles. The number of hydrogen-bond donors (Lipinski definition) is 0. The first-order valence-electron chi connectivity index (χ1n) is 10.1. The van der Waals surface area contributed by atoms with Crippen LogP contribution < -0.4 is 0 Å². The van der Waals surface area contributed by atoms with E-state index in [0.29, 0.717) is 43.4 Å². The molecule has 4 nitrogen and oxygen atoms in total. The van der Waals surface area contributed by atoms with Gasteiger partial charge >= 0.3 is 6.18 Å². The molecule has 3 rings (SSSR count). The Morgan fingerprint density at radius 2 is 1.80 bits per heavy atom. The summed E-state index contributed by atoms with van der Waals surface area (Å²) in [6.45, 7) is 3.68. The van der Waals surface area contributed by atoms with E-state index in [1.54, 1.807) is 19.9 Å². The molecule has 0 heterocycles. The lowest BCUT2D eigenvalue weighted by molar-refractivity contribution is -0.527. The standard InChI is InChI=1S/C23H26F3NO3/c1-16-12-18(14-20(13-16)23(24,25)26)17(2)30-15-22(19-6-4-3-5-7-19)10-8-21(9-11-22)27(28)29/h3-7,12-14,17,21H,8-11,15H2,1-2H3/t17-,21?,22?/m1/s1. The van der Waals surface area contributed by atoms with Crippen molar-refractivity contribution in [2.45, 2.75) is 63.3 Å². The maximum absolute atomic E-state index is 13.2. The van der Waals surface area contributed by atoms with Crippen molar-refractivity contribution in [3.8, 4) is 0 Å². The average Bonchev–Trinajstić information content (AvgIpc) is 2.72. The lowest BCUT2D eigenvalue weighted by Crippen LogP contribution is -2.40. The van der Waals surface area contributed by atoms with Crippen LogP contribution in [0.4, 0.5) is 13.2 Å². The van der Waals surface area contributed by atoms with Crippen molar-refractivity contribution in [3.63, 3.8) is 0 Å². The second kappa shape index (κ2) is 8.76. The van der Waals surface area contributed by atoms with E-state index in [9.17, 15) is 23.3 Å². The van der Waals surface area contributed by atoms with Crippen molar-refractivity contribution in [2.24, 2.45) is 0 Å². The summed E-state index contributed by atoms with van der Waals surface area (Å²) >= 11 is 0. The van der Waals surface area contributed by atoms with E-state index in [-0.39, 0.29) is 10.3 Å². The Morgan fingerprint density at radius 1 is 1.17 bits per heavy atom. The molecule has 30 heavy (non-hydrogen) atoms. The second-order valence-electron chi connectivity index (χ2n) is 8.25. The highest BCUT2D eigenvalue weighted by molar-refractivity contribution is 5.32. The lowest BCUT2D eigenvalue weighted by atomic mass is 9.68. The zero-order valence-electron chi connectivity index (χ0n) is 17.1. The van der Waals surface area contributed by atoms with Crippen molar-refractivity contribution in [1.29, 1.82) is 0 Å². The van der Waals surface area contributed by atoms with Crippen LogP contribution in [0, 0.1) is 17.0 Å². The summed E-state index contributed by atoms with van der Waals surface area (Å²) in [5.41, 5.74) is 0.999. The minimum Gasteiger partial charge on any atom is -0.373 e. The highest BCUT2D eigenvalue weighted by Crippen LogP contribution is 2.41. The number of rotatable bonds is 6. The monoisotopic (exact) mass is 421 g/mol. The molecule has 0 spiro atoms. The molecule has 1 saturated carbocycles. The molecule has 1 aliphatic carbocycles. The maximum Gasteiger partial charge on any atom is 0.416 e. The van der Waals surface area contributed by atoms with Crippen LogP contribution in [-0.2, 0) is 16.3 Å². The van der Waals surface area contributed by atoms with E-state index < -0.39 is 23.9 Å². The van der Waals surface area contributed by atoms with Crippen LogP contribution in [0.2, 0.25) is 0 Å².